The highest BCUT2D eigenvalue weighted by Crippen LogP contribution is 2.52. The molecule has 2 bridgehead atoms. The fraction of sp³-hybridized carbons (Fsp3) is 0.550. The first-order chi connectivity index (χ1) is 13.0. The molecule has 1 aromatic carbocycles. The maximum atomic E-state index is 12.4. The number of hydrogen-bond acceptors (Lipinski definition) is 5. The van der Waals surface area contributed by atoms with Crippen LogP contribution in [0, 0.1) is 23.7 Å². The summed E-state index contributed by atoms with van der Waals surface area (Å²) in [6.45, 7) is 2.71. The second kappa shape index (κ2) is 8.41. The number of rotatable bonds is 7. The van der Waals surface area contributed by atoms with Gasteiger partial charge in [-0.15, -0.1) is 0 Å². The Hall–Kier alpha value is -2.57. The van der Waals surface area contributed by atoms with Gasteiger partial charge in [0.05, 0.1) is 12.5 Å². The molecule has 3 rings (SSSR count). The van der Waals surface area contributed by atoms with Crippen molar-refractivity contribution < 1.29 is 24.2 Å². The molecule has 2 aliphatic rings. The Labute approximate surface area is 158 Å². The third-order valence-electron chi connectivity index (χ3n) is 5.67. The normalized spacial score (nSPS) is 25.8. The molecule has 2 N–H and O–H groups in total. The van der Waals surface area contributed by atoms with Crippen LogP contribution in [0.2, 0.25) is 0 Å². The highest BCUT2D eigenvalue weighted by atomic mass is 16.5. The Morgan fingerprint density at radius 3 is 2.37 bits per heavy atom. The first kappa shape index (κ1) is 19.2. The molecule has 0 saturated heterocycles. The summed E-state index contributed by atoms with van der Waals surface area (Å²) >= 11 is 0. The van der Waals surface area contributed by atoms with Gasteiger partial charge in [-0.25, -0.2) is 0 Å². The first-order valence-electron chi connectivity index (χ1n) is 9.55. The van der Waals surface area contributed by atoms with Gasteiger partial charge in [-0.3, -0.25) is 20.4 Å². The molecular weight excluding hydrogens is 348 g/mol. The minimum Gasteiger partial charge on any atom is -0.550 e. The van der Waals surface area contributed by atoms with Crippen molar-refractivity contribution in [2.45, 2.75) is 39.0 Å². The molecule has 0 unspecified atom stereocenters. The fourth-order valence-corrected chi connectivity index (χ4v) is 4.32. The highest BCUT2D eigenvalue weighted by molar-refractivity contribution is 5.96. The molecule has 4 atom stereocenters. The average Bonchev–Trinajstić information content (AvgIpc) is 3.28. The summed E-state index contributed by atoms with van der Waals surface area (Å²) in [5.41, 5.74) is 5.14. The molecule has 2 amide bonds. The maximum absolute atomic E-state index is 12.4. The van der Waals surface area contributed by atoms with E-state index in [4.69, 9.17) is 4.74 Å². The van der Waals surface area contributed by atoms with Gasteiger partial charge in [-0.1, -0.05) is 13.3 Å². The number of amides is 2. The average molecular weight is 373 g/mol. The Kier molecular flexibility index (Phi) is 5.98. The number of fused-ring (bicyclic) bond motifs is 2. The van der Waals surface area contributed by atoms with Crippen LogP contribution in [0.4, 0.5) is 0 Å². The van der Waals surface area contributed by atoms with Crippen LogP contribution in [0.1, 0.15) is 49.4 Å². The number of carbonyl (C=O) groups is 3. The van der Waals surface area contributed by atoms with E-state index in [9.17, 15) is 19.5 Å². The Bertz CT molecular complexity index is 703. The Morgan fingerprint density at radius 1 is 1.07 bits per heavy atom. The monoisotopic (exact) mass is 373 g/mol. The van der Waals surface area contributed by atoms with Crippen LogP contribution in [0.3, 0.4) is 0 Å². The van der Waals surface area contributed by atoms with Gasteiger partial charge in [0.2, 0.25) is 5.91 Å². The van der Waals surface area contributed by atoms with Crippen molar-refractivity contribution in [1.82, 2.24) is 10.9 Å². The molecule has 7 nitrogen and oxygen atoms in total. The lowest BCUT2D eigenvalue weighted by Crippen LogP contribution is -2.50. The van der Waals surface area contributed by atoms with Crippen molar-refractivity contribution in [1.29, 1.82) is 0 Å². The number of aliphatic carboxylic acids is 1. The highest BCUT2D eigenvalue weighted by Gasteiger charge is 2.51. The molecular formula is C20H25N2O5-. The quantitative estimate of drug-likeness (QED) is 0.548. The largest absolute Gasteiger partial charge is 0.550 e. The van der Waals surface area contributed by atoms with E-state index in [1.807, 2.05) is 0 Å². The van der Waals surface area contributed by atoms with Crippen LogP contribution in [0.5, 0.6) is 5.75 Å². The van der Waals surface area contributed by atoms with E-state index < -0.39 is 29.6 Å². The molecule has 2 aliphatic carbocycles. The number of ether oxygens (including phenoxy) is 1. The molecule has 0 spiro atoms. The zero-order valence-electron chi connectivity index (χ0n) is 15.4. The molecule has 7 heteroatoms. The second-order valence-corrected chi connectivity index (χ2v) is 7.37. The van der Waals surface area contributed by atoms with Crippen molar-refractivity contribution in [3.63, 3.8) is 0 Å². The van der Waals surface area contributed by atoms with E-state index in [1.54, 1.807) is 24.3 Å². The third kappa shape index (κ3) is 4.23. The summed E-state index contributed by atoms with van der Waals surface area (Å²) in [4.78, 5) is 36.1. The standard InChI is InChI=1S/C20H26N2O5/c1-2-3-10-27-15-8-6-12(7-9-15)18(23)21-22-19(24)16-13-4-5-14(11-13)17(16)20(25)26/h6-9,13-14,16-17H,2-5,10-11H2,1H3,(H,21,23)(H,22,24)(H,25,26)/p-1/t13-,14-,16+,17-/m0/s1. The zero-order valence-corrected chi connectivity index (χ0v) is 15.4. The van der Waals surface area contributed by atoms with E-state index in [0.29, 0.717) is 17.9 Å². The molecule has 2 fully saturated rings. The van der Waals surface area contributed by atoms with Crippen LogP contribution in [0.15, 0.2) is 24.3 Å². The summed E-state index contributed by atoms with van der Waals surface area (Å²) in [6, 6.07) is 6.64. The van der Waals surface area contributed by atoms with Gasteiger partial charge in [0, 0.05) is 17.5 Å². The Balaban J connectivity index is 1.53. The van der Waals surface area contributed by atoms with Gasteiger partial charge in [-0.2, -0.15) is 0 Å². The number of unbranched alkanes of at least 4 members (excludes halogenated alkanes) is 1. The van der Waals surface area contributed by atoms with E-state index in [1.165, 1.54) is 0 Å². The molecule has 1 aromatic rings. The molecule has 0 heterocycles. The van der Waals surface area contributed by atoms with Crippen LogP contribution >= 0.6 is 0 Å². The van der Waals surface area contributed by atoms with Crippen LogP contribution in [-0.4, -0.2) is 24.4 Å². The van der Waals surface area contributed by atoms with Gasteiger partial charge >= 0.3 is 0 Å². The third-order valence-corrected chi connectivity index (χ3v) is 5.67. The van der Waals surface area contributed by atoms with Crippen molar-refractivity contribution in [3.8, 4) is 5.75 Å². The van der Waals surface area contributed by atoms with Gasteiger partial charge in [0.25, 0.3) is 5.91 Å². The zero-order chi connectivity index (χ0) is 19.4. The van der Waals surface area contributed by atoms with Crippen LogP contribution in [-0.2, 0) is 9.59 Å². The van der Waals surface area contributed by atoms with Gasteiger partial charge in [-0.05, 0) is 61.8 Å². The predicted octanol–water partition coefficient (Wildman–Crippen LogP) is 1.04. The van der Waals surface area contributed by atoms with Crippen molar-refractivity contribution in [3.05, 3.63) is 29.8 Å². The van der Waals surface area contributed by atoms with Crippen LogP contribution < -0.4 is 20.7 Å². The lowest BCUT2D eigenvalue weighted by atomic mass is 9.79. The predicted molar refractivity (Wildman–Crippen MR) is 95.3 cm³/mol. The first-order valence-corrected chi connectivity index (χ1v) is 9.55. The van der Waals surface area contributed by atoms with E-state index >= 15 is 0 Å². The smallest absolute Gasteiger partial charge is 0.269 e. The number of benzene rings is 1. The minimum atomic E-state index is -1.17. The summed E-state index contributed by atoms with van der Waals surface area (Å²) in [7, 11) is 0. The minimum absolute atomic E-state index is 0.00621. The number of hydrogen-bond donors (Lipinski definition) is 2. The van der Waals surface area contributed by atoms with Gasteiger partial charge < -0.3 is 14.6 Å². The molecule has 2 saturated carbocycles. The SMILES string of the molecule is CCCCOc1ccc(C(=O)NNC(=O)[C@@H]2[C@H]3CC[C@@H](C3)[C@@H]2C(=O)[O-])cc1. The summed E-state index contributed by atoms with van der Waals surface area (Å²) < 4.78 is 5.55. The summed E-state index contributed by atoms with van der Waals surface area (Å²) in [5, 5.41) is 11.4. The van der Waals surface area contributed by atoms with Crippen molar-refractivity contribution in [2.75, 3.05) is 6.61 Å². The molecule has 146 valence electrons. The molecule has 0 radical (unpaired) electrons. The molecule has 27 heavy (non-hydrogen) atoms. The van der Waals surface area contributed by atoms with E-state index in [0.717, 1.165) is 32.1 Å². The fourth-order valence-electron chi connectivity index (χ4n) is 4.32. The van der Waals surface area contributed by atoms with Crippen molar-refractivity contribution >= 4 is 17.8 Å². The Morgan fingerprint density at radius 2 is 1.74 bits per heavy atom. The second-order valence-electron chi connectivity index (χ2n) is 7.37. The topological polar surface area (TPSA) is 108 Å². The number of nitrogens with one attached hydrogen (secondary N) is 2. The molecule has 0 aliphatic heterocycles. The maximum Gasteiger partial charge on any atom is 0.269 e. The number of carboxylic acids is 1. The molecule has 0 aromatic heterocycles. The number of carbonyl (C=O) groups excluding carboxylic acids is 3. The summed E-state index contributed by atoms with van der Waals surface area (Å²) in [5.74, 6) is -2.75. The van der Waals surface area contributed by atoms with Gasteiger partial charge in [0.15, 0.2) is 0 Å². The lowest BCUT2D eigenvalue weighted by Gasteiger charge is -2.30. The van der Waals surface area contributed by atoms with Gasteiger partial charge in [0.1, 0.15) is 5.75 Å². The van der Waals surface area contributed by atoms with E-state index in [-0.39, 0.29) is 11.8 Å². The van der Waals surface area contributed by atoms with E-state index in [2.05, 4.69) is 17.8 Å². The van der Waals surface area contributed by atoms with Crippen LogP contribution in [0.25, 0.3) is 0 Å². The summed E-state index contributed by atoms with van der Waals surface area (Å²) in [6.07, 6.45) is 4.42. The van der Waals surface area contributed by atoms with Crippen molar-refractivity contribution in [2.24, 2.45) is 23.7 Å². The number of carboxylic acid groups (broad SMARTS) is 1. The lowest BCUT2D eigenvalue weighted by molar-refractivity contribution is -0.314. The number of hydrazine groups is 1.